The van der Waals surface area contributed by atoms with Gasteiger partial charge in [0.25, 0.3) is 5.91 Å². The quantitative estimate of drug-likeness (QED) is 0.714. The molecule has 1 aliphatic heterocycles. The molecule has 6 heteroatoms. The zero-order valence-corrected chi connectivity index (χ0v) is 15.3. The van der Waals surface area contributed by atoms with Crippen LogP contribution in [0.15, 0.2) is 55.0 Å². The number of aromatic nitrogens is 4. The Labute approximate surface area is 153 Å². The maximum atomic E-state index is 13.2. The topological polar surface area (TPSA) is 56.0 Å². The second-order valence-electron chi connectivity index (χ2n) is 7.62. The van der Waals surface area contributed by atoms with Crippen LogP contribution in [0, 0.1) is 0 Å². The molecule has 0 saturated heterocycles. The molecule has 3 aromatic rings. The Bertz CT molecular complexity index is 919. The van der Waals surface area contributed by atoms with Crippen molar-refractivity contribution in [2.45, 2.75) is 38.9 Å². The van der Waals surface area contributed by atoms with Crippen molar-refractivity contribution in [3.63, 3.8) is 0 Å². The van der Waals surface area contributed by atoms with Gasteiger partial charge in [0.15, 0.2) is 0 Å². The molecule has 6 nitrogen and oxygen atoms in total. The monoisotopic (exact) mass is 349 g/mol. The Morgan fingerprint density at radius 3 is 2.54 bits per heavy atom. The normalized spacial score (nSPS) is 17.2. The maximum absolute atomic E-state index is 13.2. The number of nitrogens with zero attached hydrogens (tertiary/aromatic N) is 5. The van der Waals surface area contributed by atoms with Crippen LogP contribution in [0.4, 0.5) is 0 Å². The molecule has 1 amide bonds. The maximum Gasteiger partial charge on any atom is 0.294 e. The molecule has 1 unspecified atom stereocenters. The first-order valence-corrected chi connectivity index (χ1v) is 8.88. The zero-order chi connectivity index (χ0) is 18.3. The SMILES string of the molecule is CC(C)(C)n1cnc(C(=O)N2CCn3cccc3C2c2ccccc2)n1. The Kier molecular flexibility index (Phi) is 3.90. The molecular weight excluding hydrogens is 326 g/mol. The van der Waals surface area contributed by atoms with Crippen LogP contribution < -0.4 is 0 Å². The van der Waals surface area contributed by atoms with Crippen LogP contribution in [-0.4, -0.2) is 36.7 Å². The summed E-state index contributed by atoms with van der Waals surface area (Å²) in [5.41, 5.74) is 2.00. The van der Waals surface area contributed by atoms with E-state index in [1.54, 1.807) is 11.0 Å². The lowest BCUT2D eigenvalue weighted by atomic mass is 10.00. The van der Waals surface area contributed by atoms with E-state index >= 15 is 0 Å². The van der Waals surface area contributed by atoms with Gasteiger partial charge in [0, 0.05) is 25.0 Å². The first kappa shape index (κ1) is 16.6. The molecule has 4 rings (SSSR count). The second kappa shape index (κ2) is 6.12. The summed E-state index contributed by atoms with van der Waals surface area (Å²) in [4.78, 5) is 19.4. The largest absolute Gasteiger partial charge is 0.348 e. The predicted molar refractivity (Wildman–Crippen MR) is 98.8 cm³/mol. The third-order valence-electron chi connectivity index (χ3n) is 4.78. The van der Waals surface area contributed by atoms with Crippen molar-refractivity contribution < 1.29 is 4.79 Å². The molecular formula is C20H23N5O. The molecule has 134 valence electrons. The third kappa shape index (κ3) is 2.81. The average molecular weight is 349 g/mol. The van der Waals surface area contributed by atoms with Gasteiger partial charge in [0.2, 0.25) is 5.82 Å². The fourth-order valence-electron chi connectivity index (χ4n) is 3.40. The number of hydrogen-bond acceptors (Lipinski definition) is 3. The molecule has 1 aromatic carbocycles. The first-order valence-electron chi connectivity index (χ1n) is 8.88. The van der Waals surface area contributed by atoms with Gasteiger partial charge in [0.1, 0.15) is 6.33 Å². The van der Waals surface area contributed by atoms with Crippen molar-refractivity contribution in [3.05, 3.63) is 72.1 Å². The highest BCUT2D eigenvalue weighted by Gasteiger charge is 2.34. The molecule has 3 heterocycles. The van der Waals surface area contributed by atoms with E-state index in [4.69, 9.17) is 0 Å². The van der Waals surface area contributed by atoms with E-state index < -0.39 is 0 Å². The molecule has 2 aromatic heterocycles. The van der Waals surface area contributed by atoms with Gasteiger partial charge in [-0.2, -0.15) is 0 Å². The number of benzene rings is 1. The highest BCUT2D eigenvalue weighted by atomic mass is 16.2. The van der Waals surface area contributed by atoms with Crippen molar-refractivity contribution in [2.75, 3.05) is 6.54 Å². The lowest BCUT2D eigenvalue weighted by Crippen LogP contribution is -2.42. The molecule has 1 atom stereocenters. The van der Waals surface area contributed by atoms with Crippen LogP contribution in [0.25, 0.3) is 0 Å². The van der Waals surface area contributed by atoms with E-state index in [1.807, 2.05) is 49.9 Å². The molecule has 0 aliphatic carbocycles. The molecule has 0 bridgehead atoms. The molecule has 0 fully saturated rings. The lowest BCUT2D eigenvalue weighted by Gasteiger charge is -2.36. The Hall–Kier alpha value is -2.89. The van der Waals surface area contributed by atoms with E-state index in [9.17, 15) is 4.79 Å². The highest BCUT2D eigenvalue weighted by Crippen LogP contribution is 2.33. The molecule has 1 aliphatic rings. The Balaban J connectivity index is 1.73. The number of carbonyl (C=O) groups is 1. The van der Waals surface area contributed by atoms with Crippen molar-refractivity contribution in [2.24, 2.45) is 0 Å². The van der Waals surface area contributed by atoms with E-state index in [-0.39, 0.29) is 23.3 Å². The summed E-state index contributed by atoms with van der Waals surface area (Å²) < 4.78 is 3.95. The van der Waals surface area contributed by atoms with Gasteiger partial charge in [-0.1, -0.05) is 30.3 Å². The summed E-state index contributed by atoms with van der Waals surface area (Å²) in [6.07, 6.45) is 3.71. The van der Waals surface area contributed by atoms with Gasteiger partial charge in [-0.05, 0) is 38.5 Å². The highest BCUT2D eigenvalue weighted by molar-refractivity contribution is 5.91. The van der Waals surface area contributed by atoms with Crippen LogP contribution in [0.2, 0.25) is 0 Å². The van der Waals surface area contributed by atoms with Gasteiger partial charge in [-0.25, -0.2) is 9.67 Å². The Morgan fingerprint density at radius 1 is 1.08 bits per heavy atom. The second-order valence-corrected chi connectivity index (χ2v) is 7.62. The standard InChI is InChI=1S/C20H23N5O/c1-20(2,3)25-14-21-18(22-25)19(26)24-13-12-23-11-7-10-16(23)17(24)15-8-5-4-6-9-15/h4-11,14,17H,12-13H2,1-3H3. The van der Waals surface area contributed by atoms with Crippen LogP contribution in [0.1, 0.15) is 48.7 Å². The zero-order valence-electron chi connectivity index (χ0n) is 15.3. The smallest absolute Gasteiger partial charge is 0.294 e. The summed E-state index contributed by atoms with van der Waals surface area (Å²) in [7, 11) is 0. The third-order valence-corrected chi connectivity index (χ3v) is 4.78. The van der Waals surface area contributed by atoms with Gasteiger partial charge < -0.3 is 9.47 Å². The lowest BCUT2D eigenvalue weighted by molar-refractivity contribution is 0.0650. The molecule has 26 heavy (non-hydrogen) atoms. The minimum atomic E-state index is -0.207. The summed E-state index contributed by atoms with van der Waals surface area (Å²) >= 11 is 0. The summed E-state index contributed by atoms with van der Waals surface area (Å²) in [5, 5.41) is 4.44. The number of carbonyl (C=O) groups excluding carboxylic acids is 1. The first-order chi connectivity index (χ1) is 12.4. The molecule has 0 saturated carbocycles. The minimum Gasteiger partial charge on any atom is -0.348 e. The van der Waals surface area contributed by atoms with E-state index in [0.717, 1.165) is 17.8 Å². The number of amides is 1. The van der Waals surface area contributed by atoms with E-state index in [1.165, 1.54) is 0 Å². The van der Waals surface area contributed by atoms with E-state index in [2.05, 4.69) is 39.0 Å². The van der Waals surface area contributed by atoms with Crippen LogP contribution in [-0.2, 0) is 12.1 Å². The van der Waals surface area contributed by atoms with Gasteiger partial charge in [-0.15, -0.1) is 5.10 Å². The minimum absolute atomic E-state index is 0.130. The van der Waals surface area contributed by atoms with Gasteiger partial charge in [0.05, 0.1) is 11.6 Å². The predicted octanol–water partition coefficient (Wildman–Crippen LogP) is 3.08. The average Bonchev–Trinajstić information content (AvgIpc) is 3.30. The Morgan fingerprint density at radius 2 is 1.85 bits per heavy atom. The summed E-state index contributed by atoms with van der Waals surface area (Å²) in [6, 6.07) is 14.1. The summed E-state index contributed by atoms with van der Waals surface area (Å²) in [5.74, 6) is 0.121. The molecule has 0 spiro atoms. The fraction of sp³-hybridized carbons (Fsp3) is 0.350. The van der Waals surface area contributed by atoms with Crippen molar-refractivity contribution in [1.82, 2.24) is 24.2 Å². The van der Waals surface area contributed by atoms with Gasteiger partial charge in [-0.3, -0.25) is 4.79 Å². The van der Waals surface area contributed by atoms with E-state index in [0.29, 0.717) is 6.54 Å². The molecule has 0 N–H and O–H groups in total. The van der Waals surface area contributed by atoms with Crippen LogP contribution >= 0.6 is 0 Å². The van der Waals surface area contributed by atoms with Crippen molar-refractivity contribution >= 4 is 5.91 Å². The number of rotatable bonds is 2. The van der Waals surface area contributed by atoms with Gasteiger partial charge >= 0.3 is 0 Å². The number of fused-ring (bicyclic) bond motifs is 1. The van der Waals surface area contributed by atoms with Crippen LogP contribution in [0.5, 0.6) is 0 Å². The number of hydrogen-bond donors (Lipinski definition) is 0. The van der Waals surface area contributed by atoms with Crippen molar-refractivity contribution in [1.29, 1.82) is 0 Å². The fourth-order valence-corrected chi connectivity index (χ4v) is 3.40. The molecule has 0 radical (unpaired) electrons. The summed E-state index contributed by atoms with van der Waals surface area (Å²) in [6.45, 7) is 7.52. The van der Waals surface area contributed by atoms with Crippen LogP contribution in [0.3, 0.4) is 0 Å². The van der Waals surface area contributed by atoms with Crippen molar-refractivity contribution in [3.8, 4) is 0 Å².